The highest BCUT2D eigenvalue weighted by Gasteiger charge is 2.08. The summed E-state index contributed by atoms with van der Waals surface area (Å²) in [6.07, 6.45) is 5.00. The lowest BCUT2D eigenvalue weighted by Gasteiger charge is -2.01. The van der Waals surface area contributed by atoms with E-state index in [4.69, 9.17) is 12.2 Å². The lowest BCUT2D eigenvalue weighted by Crippen LogP contribution is -2.25. The molecule has 0 saturated heterocycles. The van der Waals surface area contributed by atoms with E-state index in [9.17, 15) is 4.79 Å². The van der Waals surface area contributed by atoms with E-state index in [2.05, 4.69) is 21.4 Å². The number of nitrogens with zero attached hydrogens (tertiary/aromatic N) is 3. The van der Waals surface area contributed by atoms with Gasteiger partial charge in [0, 0.05) is 7.05 Å². The van der Waals surface area contributed by atoms with Gasteiger partial charge in [-0.1, -0.05) is 17.7 Å². The fraction of sp³-hybridized carbons (Fsp3) is 0.375. The van der Waals surface area contributed by atoms with Gasteiger partial charge in [-0.05, 0) is 0 Å². The first-order chi connectivity index (χ1) is 7.15. The maximum atomic E-state index is 11.2. The molecule has 6 nitrogen and oxygen atoms in total. The smallest absolute Gasteiger partial charge is 0.231 e. The van der Waals surface area contributed by atoms with Crippen LogP contribution < -0.4 is 11.1 Å². The van der Waals surface area contributed by atoms with Crippen molar-refractivity contribution >= 4 is 23.6 Å². The number of carbonyl (C=O) groups excluding carboxylic acids is 1. The van der Waals surface area contributed by atoms with Gasteiger partial charge in [0.05, 0.1) is 12.3 Å². The van der Waals surface area contributed by atoms with Crippen molar-refractivity contribution in [3.05, 3.63) is 0 Å². The van der Waals surface area contributed by atoms with Crippen LogP contribution >= 0.6 is 11.8 Å². The Morgan fingerprint density at radius 2 is 2.47 bits per heavy atom. The van der Waals surface area contributed by atoms with Crippen molar-refractivity contribution < 1.29 is 4.79 Å². The number of aromatic nitrogens is 3. The van der Waals surface area contributed by atoms with Gasteiger partial charge in [-0.3, -0.25) is 9.36 Å². The number of nitrogens with two attached hydrogens (primary N) is 1. The number of thioether (sulfide) groups is 1. The number of anilines is 1. The molecule has 0 aliphatic carbocycles. The summed E-state index contributed by atoms with van der Waals surface area (Å²) in [7, 11) is 1.73. The van der Waals surface area contributed by atoms with Crippen molar-refractivity contribution in [2.75, 3.05) is 18.0 Å². The van der Waals surface area contributed by atoms with E-state index in [1.165, 1.54) is 11.8 Å². The second-order valence-corrected chi connectivity index (χ2v) is 3.61. The first-order valence-electron chi connectivity index (χ1n) is 4.13. The van der Waals surface area contributed by atoms with E-state index in [-0.39, 0.29) is 18.2 Å². The van der Waals surface area contributed by atoms with Crippen molar-refractivity contribution in [2.24, 2.45) is 7.05 Å². The molecule has 1 aromatic heterocycles. The first kappa shape index (κ1) is 11.4. The molecular weight excluding hydrogens is 214 g/mol. The van der Waals surface area contributed by atoms with Crippen molar-refractivity contribution in [2.45, 2.75) is 5.16 Å². The maximum Gasteiger partial charge on any atom is 0.231 e. The number of terminal acetylenes is 1. The molecule has 0 atom stereocenters. The second kappa shape index (κ2) is 5.26. The van der Waals surface area contributed by atoms with Gasteiger partial charge in [0.25, 0.3) is 0 Å². The van der Waals surface area contributed by atoms with Crippen molar-refractivity contribution in [3.8, 4) is 12.3 Å². The average molecular weight is 225 g/mol. The average Bonchev–Trinajstić information content (AvgIpc) is 2.54. The van der Waals surface area contributed by atoms with E-state index < -0.39 is 0 Å². The van der Waals surface area contributed by atoms with Crippen molar-refractivity contribution in [1.29, 1.82) is 0 Å². The third kappa shape index (κ3) is 3.18. The van der Waals surface area contributed by atoms with E-state index in [1.807, 2.05) is 0 Å². The molecule has 1 heterocycles. The van der Waals surface area contributed by atoms with Crippen LogP contribution in [0.4, 0.5) is 5.95 Å². The zero-order valence-electron chi connectivity index (χ0n) is 8.23. The molecule has 0 aliphatic rings. The molecule has 0 saturated carbocycles. The Hall–Kier alpha value is -1.68. The lowest BCUT2D eigenvalue weighted by molar-refractivity contribution is -0.118. The normalized spacial score (nSPS) is 9.60. The minimum Gasteiger partial charge on any atom is -0.368 e. The molecule has 1 rings (SSSR count). The van der Waals surface area contributed by atoms with E-state index in [0.717, 1.165) is 0 Å². The summed E-state index contributed by atoms with van der Waals surface area (Å²) < 4.78 is 1.61. The van der Waals surface area contributed by atoms with Crippen LogP contribution in [0.2, 0.25) is 0 Å². The third-order valence-electron chi connectivity index (χ3n) is 1.59. The highest BCUT2D eigenvalue weighted by atomic mass is 32.2. The van der Waals surface area contributed by atoms with E-state index in [1.54, 1.807) is 11.6 Å². The molecule has 0 radical (unpaired) electrons. The summed E-state index contributed by atoms with van der Waals surface area (Å²) in [5.74, 6) is 2.74. The maximum absolute atomic E-state index is 11.2. The molecule has 0 bridgehead atoms. The third-order valence-corrected chi connectivity index (χ3v) is 2.61. The van der Waals surface area contributed by atoms with Crippen LogP contribution in [0.1, 0.15) is 0 Å². The van der Waals surface area contributed by atoms with Crippen LogP contribution in [0.15, 0.2) is 5.16 Å². The van der Waals surface area contributed by atoms with Crippen molar-refractivity contribution in [1.82, 2.24) is 20.1 Å². The molecule has 15 heavy (non-hydrogen) atoms. The Labute approximate surface area is 91.6 Å². The van der Waals surface area contributed by atoms with Gasteiger partial charge < -0.3 is 11.1 Å². The van der Waals surface area contributed by atoms with Gasteiger partial charge in [-0.15, -0.1) is 16.6 Å². The Bertz CT molecular complexity index is 394. The van der Waals surface area contributed by atoms with E-state index in [0.29, 0.717) is 11.1 Å². The topological polar surface area (TPSA) is 85.8 Å². The lowest BCUT2D eigenvalue weighted by atomic mass is 10.6. The van der Waals surface area contributed by atoms with Gasteiger partial charge in [-0.2, -0.15) is 0 Å². The van der Waals surface area contributed by atoms with Crippen LogP contribution in [-0.2, 0) is 11.8 Å². The molecule has 0 aliphatic heterocycles. The molecule has 3 N–H and O–H groups in total. The predicted octanol–water partition coefficient (Wildman–Crippen LogP) is -0.761. The predicted molar refractivity (Wildman–Crippen MR) is 58.0 cm³/mol. The molecule has 80 valence electrons. The number of nitrogens with one attached hydrogen (secondary N) is 1. The number of nitrogen functional groups attached to an aromatic ring is 1. The molecule has 0 aromatic carbocycles. The molecule has 0 fully saturated rings. The SMILES string of the molecule is C#CCNC(=O)CSc1nnc(N)n1C. The summed E-state index contributed by atoms with van der Waals surface area (Å²) in [4.78, 5) is 11.2. The Kier molecular flexibility index (Phi) is 4.00. The second-order valence-electron chi connectivity index (χ2n) is 2.67. The van der Waals surface area contributed by atoms with Crippen LogP contribution in [0.5, 0.6) is 0 Å². The summed E-state index contributed by atoms with van der Waals surface area (Å²) in [5.41, 5.74) is 5.48. The summed E-state index contributed by atoms with van der Waals surface area (Å²) in [6, 6.07) is 0. The Morgan fingerprint density at radius 3 is 3.00 bits per heavy atom. The standard InChI is InChI=1S/C8H11N5OS/c1-3-4-10-6(14)5-15-8-12-11-7(9)13(8)2/h1H,4-5H2,2H3,(H2,9,11)(H,10,14). The van der Waals surface area contributed by atoms with Crippen LogP contribution in [-0.4, -0.2) is 33.0 Å². The number of hydrogen-bond donors (Lipinski definition) is 2. The highest BCUT2D eigenvalue weighted by molar-refractivity contribution is 7.99. The molecule has 1 aromatic rings. The molecule has 0 unspecified atom stereocenters. The van der Waals surface area contributed by atoms with Crippen molar-refractivity contribution in [3.63, 3.8) is 0 Å². The van der Waals surface area contributed by atoms with Gasteiger partial charge in [-0.25, -0.2) is 0 Å². The fourth-order valence-corrected chi connectivity index (χ4v) is 1.53. The van der Waals surface area contributed by atoms with Gasteiger partial charge in [0.15, 0.2) is 5.16 Å². The monoisotopic (exact) mass is 225 g/mol. The van der Waals surface area contributed by atoms with Crippen LogP contribution in [0.25, 0.3) is 0 Å². The van der Waals surface area contributed by atoms with Gasteiger partial charge in [0.1, 0.15) is 0 Å². The largest absolute Gasteiger partial charge is 0.368 e. The minimum atomic E-state index is -0.139. The fourth-order valence-electron chi connectivity index (χ4n) is 0.783. The number of carbonyl (C=O) groups is 1. The molecule has 1 amide bonds. The number of hydrogen-bond acceptors (Lipinski definition) is 5. The van der Waals surface area contributed by atoms with Gasteiger partial charge in [0.2, 0.25) is 11.9 Å². The highest BCUT2D eigenvalue weighted by Crippen LogP contribution is 2.15. The molecular formula is C8H11N5OS. The number of amides is 1. The first-order valence-corrected chi connectivity index (χ1v) is 5.11. The number of rotatable bonds is 4. The minimum absolute atomic E-state index is 0.139. The summed E-state index contributed by atoms with van der Waals surface area (Å²) >= 11 is 1.26. The summed E-state index contributed by atoms with van der Waals surface area (Å²) in [5, 5.41) is 10.6. The van der Waals surface area contributed by atoms with Crippen LogP contribution in [0.3, 0.4) is 0 Å². The quantitative estimate of drug-likeness (QED) is 0.519. The van der Waals surface area contributed by atoms with Gasteiger partial charge >= 0.3 is 0 Å². The van der Waals surface area contributed by atoms with E-state index >= 15 is 0 Å². The zero-order chi connectivity index (χ0) is 11.3. The Morgan fingerprint density at radius 1 is 1.73 bits per heavy atom. The molecule has 0 spiro atoms. The molecule has 7 heteroatoms. The zero-order valence-corrected chi connectivity index (χ0v) is 9.04. The van der Waals surface area contributed by atoms with Crippen LogP contribution in [0, 0.1) is 12.3 Å². The Balaban J connectivity index is 2.41. The summed E-state index contributed by atoms with van der Waals surface area (Å²) in [6.45, 7) is 0.236.